The van der Waals surface area contributed by atoms with Gasteiger partial charge in [0, 0.05) is 79.4 Å². The summed E-state index contributed by atoms with van der Waals surface area (Å²) in [5, 5.41) is 3.89. The van der Waals surface area contributed by atoms with Crippen molar-refractivity contribution in [3.05, 3.63) is 64.9 Å². The highest BCUT2D eigenvalue weighted by Crippen LogP contribution is 2.45. The number of hydrogen-bond donors (Lipinski definition) is 0. The summed E-state index contributed by atoms with van der Waals surface area (Å²) in [5.74, 6) is -1.11. The lowest BCUT2D eigenvalue weighted by Crippen LogP contribution is -2.64. The number of nitrogens with zero attached hydrogens (tertiary/aromatic N) is 4. The Hall–Kier alpha value is -3.37. The van der Waals surface area contributed by atoms with Crippen LogP contribution in [0.3, 0.4) is 0 Å². The first kappa shape index (κ1) is 30.1. The summed E-state index contributed by atoms with van der Waals surface area (Å²) in [6.07, 6.45) is 1.43. The maximum absolute atomic E-state index is 14.3. The standard InChI is InChI=1S/C32H38F2N4O4/c1-19-11-20(2)36-29(35-19)30(3,4)14-22(39)15-32(17-38(18-32)28-9-10-41-31(28,5)6)16-26(40)25-13-27(42-37-25)23-8-7-21(33)12-24(23)34/h7-8,11-13,28H,9-10,14-18H2,1-6H3. The summed E-state index contributed by atoms with van der Waals surface area (Å²) >= 11 is 0. The van der Waals surface area contributed by atoms with E-state index in [2.05, 4.69) is 33.9 Å². The van der Waals surface area contributed by atoms with Crippen molar-refractivity contribution < 1.29 is 27.6 Å². The van der Waals surface area contributed by atoms with Gasteiger partial charge in [-0.3, -0.25) is 14.5 Å². The van der Waals surface area contributed by atoms with Gasteiger partial charge < -0.3 is 9.26 Å². The van der Waals surface area contributed by atoms with E-state index in [4.69, 9.17) is 9.26 Å². The number of ketones is 2. The summed E-state index contributed by atoms with van der Waals surface area (Å²) < 4.78 is 38.9. The first-order valence-corrected chi connectivity index (χ1v) is 14.3. The van der Waals surface area contributed by atoms with Crippen molar-refractivity contribution in [3.63, 3.8) is 0 Å². The first-order chi connectivity index (χ1) is 19.7. The molecule has 0 spiro atoms. The molecular formula is C32H38F2N4O4. The normalized spacial score (nSPS) is 20.0. The Morgan fingerprint density at radius 1 is 1.05 bits per heavy atom. The molecule has 0 radical (unpaired) electrons. The van der Waals surface area contributed by atoms with Crippen LogP contribution in [0.2, 0.25) is 0 Å². The van der Waals surface area contributed by atoms with E-state index >= 15 is 0 Å². The highest BCUT2D eigenvalue weighted by Gasteiger charge is 2.52. The molecule has 0 N–H and O–H groups in total. The van der Waals surface area contributed by atoms with Gasteiger partial charge in [-0.25, -0.2) is 18.7 Å². The van der Waals surface area contributed by atoms with Crippen LogP contribution in [0.15, 0.2) is 34.9 Å². The van der Waals surface area contributed by atoms with E-state index in [1.54, 1.807) is 0 Å². The second-order valence-electron chi connectivity index (χ2n) is 13.2. The number of carbonyl (C=O) groups excluding carboxylic acids is 2. The molecule has 1 aromatic carbocycles. The molecule has 4 heterocycles. The molecule has 0 amide bonds. The molecule has 2 aliphatic heterocycles. The third-order valence-electron chi connectivity index (χ3n) is 8.51. The molecule has 42 heavy (non-hydrogen) atoms. The van der Waals surface area contributed by atoms with Crippen molar-refractivity contribution in [1.29, 1.82) is 0 Å². The molecule has 3 aromatic rings. The van der Waals surface area contributed by atoms with Gasteiger partial charge in [-0.15, -0.1) is 0 Å². The van der Waals surface area contributed by atoms with Crippen LogP contribution in [-0.2, 0) is 14.9 Å². The Morgan fingerprint density at radius 3 is 2.36 bits per heavy atom. The molecule has 1 atom stereocenters. The number of aryl methyl sites for hydroxylation is 2. The van der Waals surface area contributed by atoms with Crippen LogP contribution in [0.25, 0.3) is 11.3 Å². The summed E-state index contributed by atoms with van der Waals surface area (Å²) in [4.78, 5) is 38.6. The Labute approximate surface area is 244 Å². The molecule has 2 saturated heterocycles. The van der Waals surface area contributed by atoms with Gasteiger partial charge in [0.05, 0.1) is 11.2 Å². The largest absolute Gasteiger partial charge is 0.374 e. The zero-order chi connectivity index (χ0) is 30.4. The molecule has 1 unspecified atom stereocenters. The predicted molar refractivity (Wildman–Crippen MR) is 152 cm³/mol. The number of likely N-dealkylation sites (tertiary alicyclic amines) is 1. The van der Waals surface area contributed by atoms with Gasteiger partial charge in [0.2, 0.25) is 0 Å². The van der Waals surface area contributed by atoms with Gasteiger partial charge in [-0.2, -0.15) is 0 Å². The van der Waals surface area contributed by atoms with Crippen molar-refractivity contribution in [2.45, 2.75) is 84.3 Å². The molecule has 2 aromatic heterocycles. The Bertz CT molecular complexity index is 1490. The molecule has 224 valence electrons. The van der Waals surface area contributed by atoms with Crippen LogP contribution in [-0.4, -0.2) is 62.9 Å². The van der Waals surface area contributed by atoms with Gasteiger partial charge >= 0.3 is 0 Å². The van der Waals surface area contributed by atoms with Crippen molar-refractivity contribution in [3.8, 4) is 11.3 Å². The summed E-state index contributed by atoms with van der Waals surface area (Å²) in [6.45, 7) is 13.7. The molecule has 0 bridgehead atoms. The minimum atomic E-state index is -0.807. The second kappa shape index (κ2) is 11.0. The molecule has 0 aliphatic carbocycles. The fourth-order valence-electron chi connectivity index (χ4n) is 6.56. The van der Waals surface area contributed by atoms with E-state index in [0.29, 0.717) is 25.5 Å². The third-order valence-corrected chi connectivity index (χ3v) is 8.51. The smallest absolute Gasteiger partial charge is 0.185 e. The number of aromatic nitrogens is 3. The van der Waals surface area contributed by atoms with Gasteiger partial charge in [0.15, 0.2) is 11.5 Å². The predicted octanol–water partition coefficient (Wildman–Crippen LogP) is 5.80. The molecule has 0 saturated carbocycles. The number of carbonyl (C=O) groups is 2. The van der Waals surface area contributed by atoms with E-state index in [1.807, 2.05) is 33.8 Å². The van der Waals surface area contributed by atoms with E-state index < -0.39 is 22.5 Å². The maximum atomic E-state index is 14.3. The lowest BCUT2D eigenvalue weighted by atomic mass is 9.68. The van der Waals surface area contributed by atoms with Gasteiger partial charge in [-0.1, -0.05) is 19.0 Å². The van der Waals surface area contributed by atoms with E-state index in [1.165, 1.54) is 12.1 Å². The Balaban J connectivity index is 1.34. The number of ether oxygens (including phenoxy) is 1. The maximum Gasteiger partial charge on any atom is 0.185 e. The number of hydrogen-bond acceptors (Lipinski definition) is 8. The van der Waals surface area contributed by atoms with Crippen LogP contribution in [0.1, 0.15) is 81.1 Å². The minimum absolute atomic E-state index is 0.0157. The fraction of sp³-hybridized carbons (Fsp3) is 0.531. The van der Waals surface area contributed by atoms with Crippen LogP contribution in [0.4, 0.5) is 8.78 Å². The van der Waals surface area contributed by atoms with Crippen molar-refractivity contribution in [2.24, 2.45) is 5.41 Å². The van der Waals surface area contributed by atoms with Gasteiger partial charge in [0.1, 0.15) is 28.9 Å². The number of halogens is 2. The molecule has 8 nitrogen and oxygen atoms in total. The highest BCUT2D eigenvalue weighted by atomic mass is 19.1. The lowest BCUT2D eigenvalue weighted by molar-refractivity contribution is -0.129. The minimum Gasteiger partial charge on any atom is -0.374 e. The molecule has 2 aliphatic rings. The van der Waals surface area contributed by atoms with Crippen LogP contribution in [0, 0.1) is 30.9 Å². The monoisotopic (exact) mass is 580 g/mol. The Kier molecular flexibility index (Phi) is 7.91. The molecule has 5 rings (SSSR count). The number of benzene rings is 1. The van der Waals surface area contributed by atoms with Crippen LogP contribution in [0.5, 0.6) is 0 Å². The third kappa shape index (κ3) is 6.20. The van der Waals surface area contributed by atoms with Gasteiger partial charge in [0.25, 0.3) is 0 Å². The van der Waals surface area contributed by atoms with Crippen LogP contribution >= 0.6 is 0 Å². The Morgan fingerprint density at radius 2 is 1.74 bits per heavy atom. The average molecular weight is 581 g/mol. The molecule has 2 fully saturated rings. The van der Waals surface area contributed by atoms with Crippen molar-refractivity contribution in [2.75, 3.05) is 19.7 Å². The van der Waals surface area contributed by atoms with E-state index in [0.717, 1.165) is 29.9 Å². The van der Waals surface area contributed by atoms with E-state index in [9.17, 15) is 18.4 Å². The van der Waals surface area contributed by atoms with E-state index in [-0.39, 0.29) is 59.5 Å². The molecular weight excluding hydrogens is 542 g/mol. The number of Topliss-reactive ketones (excluding diaryl/α,β-unsaturated/α-hetero) is 2. The van der Waals surface area contributed by atoms with Crippen LogP contribution < -0.4 is 0 Å². The van der Waals surface area contributed by atoms with Crippen molar-refractivity contribution >= 4 is 11.6 Å². The van der Waals surface area contributed by atoms with Gasteiger partial charge in [-0.05, 0) is 52.3 Å². The zero-order valence-corrected chi connectivity index (χ0v) is 25.1. The topological polar surface area (TPSA) is 98.4 Å². The lowest BCUT2D eigenvalue weighted by Gasteiger charge is -2.54. The quantitative estimate of drug-likeness (QED) is 0.278. The second-order valence-corrected chi connectivity index (χ2v) is 13.2. The fourth-order valence-corrected chi connectivity index (χ4v) is 6.56. The summed E-state index contributed by atoms with van der Waals surface area (Å²) in [5.41, 5.74) is 0.279. The first-order valence-electron chi connectivity index (χ1n) is 14.3. The SMILES string of the molecule is Cc1cc(C)nc(C(C)(C)CC(=O)CC2(CC(=O)c3cc(-c4ccc(F)cc4F)on3)CN(C3CCOC3(C)C)C2)n1. The summed E-state index contributed by atoms with van der Waals surface area (Å²) in [6, 6.07) is 6.58. The number of rotatable bonds is 10. The average Bonchev–Trinajstić information content (AvgIpc) is 3.47. The molecule has 10 heteroatoms. The summed E-state index contributed by atoms with van der Waals surface area (Å²) in [7, 11) is 0. The van der Waals surface area contributed by atoms with Crippen molar-refractivity contribution in [1.82, 2.24) is 20.0 Å². The highest BCUT2D eigenvalue weighted by molar-refractivity contribution is 5.96. The zero-order valence-electron chi connectivity index (χ0n) is 25.1.